The van der Waals surface area contributed by atoms with E-state index in [1.807, 2.05) is 38.0 Å². The molecule has 2 radical (unpaired) electrons. The number of hydrogen-bond donors (Lipinski definition) is 0. The van der Waals surface area contributed by atoms with E-state index in [-0.39, 0.29) is 6.07 Å². The summed E-state index contributed by atoms with van der Waals surface area (Å²) in [4.78, 5) is 3.89. The fourth-order valence-corrected chi connectivity index (χ4v) is 0.462. The Morgan fingerprint density at radius 2 is 1.25 bits per heavy atom. The topological polar surface area (TPSA) is 6.48 Å². The Kier molecular flexibility index (Phi) is 3.09. The molecule has 0 spiro atoms. The van der Waals surface area contributed by atoms with Gasteiger partial charge in [0.25, 0.3) is 0 Å². The van der Waals surface area contributed by atoms with Crippen molar-refractivity contribution >= 4 is 7.85 Å². The maximum absolute atomic E-state index is 5.61. The Morgan fingerprint density at radius 3 is 1.25 bits per heavy atom. The third kappa shape index (κ3) is 2.33. The molecule has 0 atom stereocenters. The van der Waals surface area contributed by atoms with Crippen molar-refractivity contribution in [2.45, 2.75) is 6.07 Å². The van der Waals surface area contributed by atoms with Crippen LogP contribution in [0.25, 0.3) is 0 Å². The highest BCUT2D eigenvalue weighted by atomic mass is 15.3. The van der Waals surface area contributed by atoms with Crippen molar-refractivity contribution in [1.82, 2.24) is 9.80 Å². The van der Waals surface area contributed by atoms with E-state index in [0.717, 1.165) is 0 Å². The Bertz CT molecular complexity index is 55.4. The first-order chi connectivity index (χ1) is 3.55. The van der Waals surface area contributed by atoms with Gasteiger partial charge < -0.3 is 9.80 Å². The second-order valence-electron chi connectivity index (χ2n) is 2.34. The van der Waals surface area contributed by atoms with Gasteiger partial charge in [-0.05, 0) is 28.2 Å². The van der Waals surface area contributed by atoms with E-state index < -0.39 is 0 Å². The van der Waals surface area contributed by atoms with Crippen LogP contribution in [0.4, 0.5) is 0 Å². The summed E-state index contributed by atoms with van der Waals surface area (Å²) in [7, 11) is 13.4. The van der Waals surface area contributed by atoms with E-state index in [2.05, 4.69) is 0 Å². The molecule has 2 nitrogen and oxygen atoms in total. The highest BCUT2D eigenvalue weighted by Gasteiger charge is 2.03. The zero-order valence-electron chi connectivity index (χ0n) is 6.05. The van der Waals surface area contributed by atoms with Gasteiger partial charge in [0.1, 0.15) is 7.85 Å². The third-order valence-electron chi connectivity index (χ3n) is 1.06. The van der Waals surface area contributed by atoms with E-state index in [0.29, 0.717) is 0 Å². The second kappa shape index (κ2) is 3.10. The summed E-state index contributed by atoms with van der Waals surface area (Å²) in [6, 6.07) is 0.0370. The van der Waals surface area contributed by atoms with Gasteiger partial charge in [0.2, 0.25) is 0 Å². The van der Waals surface area contributed by atoms with E-state index in [1.165, 1.54) is 0 Å². The van der Waals surface area contributed by atoms with Crippen LogP contribution in [0.5, 0.6) is 0 Å². The molecule has 46 valence electrons. The van der Waals surface area contributed by atoms with E-state index in [9.17, 15) is 0 Å². The van der Waals surface area contributed by atoms with E-state index in [4.69, 9.17) is 7.85 Å². The predicted molar refractivity (Wildman–Crippen MR) is 36.9 cm³/mol. The average Bonchev–Trinajstić information content (AvgIpc) is 1.64. The van der Waals surface area contributed by atoms with Crippen LogP contribution in [0.3, 0.4) is 0 Å². The maximum Gasteiger partial charge on any atom is 0.113 e. The monoisotopic (exact) mass is 112 g/mol. The molecule has 0 rings (SSSR count). The molecule has 0 fully saturated rings. The van der Waals surface area contributed by atoms with Gasteiger partial charge in [-0.1, -0.05) is 0 Å². The van der Waals surface area contributed by atoms with Crippen LogP contribution in [-0.2, 0) is 0 Å². The molecule has 0 aliphatic rings. The molecule has 0 N–H and O–H groups in total. The van der Waals surface area contributed by atoms with Crippen molar-refractivity contribution in [1.29, 1.82) is 0 Å². The van der Waals surface area contributed by atoms with Gasteiger partial charge >= 0.3 is 0 Å². The molecule has 0 heterocycles. The SMILES string of the molecule is [B]C(N(C)C)N(C)C. The maximum atomic E-state index is 5.61. The zero-order valence-corrected chi connectivity index (χ0v) is 6.05. The summed E-state index contributed by atoms with van der Waals surface area (Å²) in [5, 5.41) is 0. The molecule has 0 aliphatic heterocycles. The molecule has 0 aromatic heterocycles. The first kappa shape index (κ1) is 7.98. The number of hydrogen-bond acceptors (Lipinski definition) is 2. The largest absolute Gasteiger partial charge is 0.302 e. The molecule has 0 saturated heterocycles. The smallest absolute Gasteiger partial charge is 0.113 e. The van der Waals surface area contributed by atoms with Crippen molar-refractivity contribution < 1.29 is 0 Å². The van der Waals surface area contributed by atoms with Gasteiger partial charge in [-0.15, -0.1) is 0 Å². The van der Waals surface area contributed by atoms with Crippen LogP contribution in [0, 0.1) is 0 Å². The lowest BCUT2D eigenvalue weighted by atomic mass is 10.0. The summed E-state index contributed by atoms with van der Waals surface area (Å²) < 4.78 is 0. The Balaban J connectivity index is 3.46. The summed E-state index contributed by atoms with van der Waals surface area (Å²) >= 11 is 0. The molecule has 0 unspecified atom stereocenters. The third-order valence-corrected chi connectivity index (χ3v) is 1.06. The Morgan fingerprint density at radius 1 is 1.00 bits per heavy atom. The molecule has 0 saturated carbocycles. The zero-order chi connectivity index (χ0) is 6.73. The second-order valence-corrected chi connectivity index (χ2v) is 2.34. The van der Waals surface area contributed by atoms with Gasteiger partial charge in [-0.2, -0.15) is 0 Å². The van der Waals surface area contributed by atoms with Crippen molar-refractivity contribution in [2.24, 2.45) is 0 Å². The van der Waals surface area contributed by atoms with Gasteiger partial charge in [-0.3, -0.25) is 0 Å². The minimum absolute atomic E-state index is 0.0370. The lowest BCUT2D eigenvalue weighted by Crippen LogP contribution is -2.40. The van der Waals surface area contributed by atoms with Gasteiger partial charge in [0.15, 0.2) is 0 Å². The molecular weight excluding hydrogens is 98.9 g/mol. The quantitative estimate of drug-likeness (QED) is 0.353. The summed E-state index contributed by atoms with van der Waals surface area (Å²) in [6.07, 6.45) is 0. The standard InChI is InChI=1S/C5H13BN2/c1-7(2)5(6)8(3)4/h5H,1-4H3. The molecule has 0 aromatic carbocycles. The van der Waals surface area contributed by atoms with Crippen LogP contribution >= 0.6 is 0 Å². The minimum Gasteiger partial charge on any atom is -0.302 e. The Hall–Kier alpha value is -0.0151. The van der Waals surface area contributed by atoms with Crippen LogP contribution in [0.15, 0.2) is 0 Å². The summed E-state index contributed by atoms with van der Waals surface area (Å²) in [5.74, 6) is 0. The van der Waals surface area contributed by atoms with Crippen LogP contribution in [-0.4, -0.2) is 51.9 Å². The fourth-order valence-electron chi connectivity index (χ4n) is 0.462. The highest BCUT2D eigenvalue weighted by molar-refractivity contribution is 6.11. The van der Waals surface area contributed by atoms with E-state index >= 15 is 0 Å². The normalized spacial score (nSPS) is 11.9. The molecule has 3 heteroatoms. The molecule has 0 bridgehead atoms. The summed E-state index contributed by atoms with van der Waals surface area (Å²) in [5.41, 5.74) is 0. The fraction of sp³-hybridized carbons (Fsp3) is 1.00. The first-order valence-electron chi connectivity index (χ1n) is 2.64. The molecule has 0 aromatic rings. The van der Waals surface area contributed by atoms with Crippen molar-refractivity contribution in [3.05, 3.63) is 0 Å². The van der Waals surface area contributed by atoms with Gasteiger partial charge in [0.05, 0.1) is 0 Å². The molecule has 0 amide bonds. The number of nitrogens with zero attached hydrogens (tertiary/aromatic N) is 2. The predicted octanol–water partition coefficient (Wildman–Crippen LogP) is -0.438. The van der Waals surface area contributed by atoms with Crippen LogP contribution in [0.1, 0.15) is 0 Å². The lowest BCUT2D eigenvalue weighted by Gasteiger charge is -2.26. The molecule has 0 aliphatic carbocycles. The van der Waals surface area contributed by atoms with Crippen molar-refractivity contribution in [2.75, 3.05) is 28.2 Å². The first-order valence-corrected chi connectivity index (χ1v) is 2.64. The Labute approximate surface area is 52.9 Å². The van der Waals surface area contributed by atoms with Crippen molar-refractivity contribution in [3.8, 4) is 0 Å². The van der Waals surface area contributed by atoms with Gasteiger partial charge in [-0.25, -0.2) is 0 Å². The van der Waals surface area contributed by atoms with Crippen molar-refractivity contribution in [3.63, 3.8) is 0 Å². The molecular formula is C5H13BN2. The summed E-state index contributed by atoms with van der Waals surface area (Å²) in [6.45, 7) is 0. The number of rotatable bonds is 2. The van der Waals surface area contributed by atoms with Gasteiger partial charge in [0, 0.05) is 6.07 Å². The van der Waals surface area contributed by atoms with Crippen LogP contribution in [0.2, 0.25) is 0 Å². The highest BCUT2D eigenvalue weighted by Crippen LogP contribution is 1.87. The molecule has 8 heavy (non-hydrogen) atoms. The minimum atomic E-state index is 0.0370. The van der Waals surface area contributed by atoms with E-state index in [1.54, 1.807) is 0 Å². The average molecular weight is 112 g/mol. The van der Waals surface area contributed by atoms with Crippen LogP contribution < -0.4 is 0 Å². The lowest BCUT2D eigenvalue weighted by molar-refractivity contribution is 0.204.